The van der Waals surface area contributed by atoms with E-state index in [9.17, 15) is 4.79 Å². The summed E-state index contributed by atoms with van der Waals surface area (Å²) in [6, 6.07) is 3.14. The van der Waals surface area contributed by atoms with Crippen LogP contribution in [0, 0.1) is 0 Å². The van der Waals surface area contributed by atoms with Gasteiger partial charge >= 0.3 is 5.97 Å². The molecule has 0 radical (unpaired) electrons. The van der Waals surface area contributed by atoms with Crippen LogP contribution in [-0.2, 0) is 4.74 Å². The van der Waals surface area contributed by atoms with Crippen LogP contribution in [0.5, 0.6) is 17.2 Å². The molecule has 0 atom stereocenters. The molecule has 0 aliphatic heterocycles. The van der Waals surface area contributed by atoms with Gasteiger partial charge in [0.15, 0.2) is 11.5 Å². The Morgan fingerprint density at radius 2 is 1.60 bits per heavy atom. The summed E-state index contributed by atoms with van der Waals surface area (Å²) in [5.74, 6) is 0.865. The molecule has 0 fully saturated rings. The van der Waals surface area contributed by atoms with Crippen molar-refractivity contribution < 1.29 is 23.7 Å². The molecule has 1 aromatic carbocycles. The van der Waals surface area contributed by atoms with Crippen molar-refractivity contribution in [2.24, 2.45) is 0 Å². The molecule has 0 aliphatic rings. The van der Waals surface area contributed by atoms with E-state index in [4.69, 9.17) is 18.9 Å². The van der Waals surface area contributed by atoms with Gasteiger partial charge in [0.05, 0.1) is 26.9 Å². The quantitative estimate of drug-likeness (QED) is 0.706. The number of esters is 1. The standard InChI is InChI=1S/C14H21NO5/c1-15(2)6-7-20-14(16)10-8-11(17-3)13(19-5)12(9-10)18-4/h8-9H,6-7H2,1-5H3. The van der Waals surface area contributed by atoms with Crippen molar-refractivity contribution in [1.29, 1.82) is 0 Å². The van der Waals surface area contributed by atoms with Gasteiger partial charge < -0.3 is 23.8 Å². The lowest BCUT2D eigenvalue weighted by Gasteiger charge is -2.14. The van der Waals surface area contributed by atoms with E-state index in [2.05, 4.69) is 0 Å². The zero-order valence-corrected chi connectivity index (χ0v) is 12.6. The van der Waals surface area contributed by atoms with Crippen molar-refractivity contribution in [3.8, 4) is 17.2 Å². The molecule has 0 unspecified atom stereocenters. The minimum absolute atomic E-state index is 0.322. The number of likely N-dealkylation sites (N-methyl/N-ethyl adjacent to an activating group) is 1. The fourth-order valence-electron chi connectivity index (χ4n) is 1.60. The van der Waals surface area contributed by atoms with E-state index in [0.29, 0.717) is 36.0 Å². The van der Waals surface area contributed by atoms with Gasteiger partial charge in [0, 0.05) is 6.54 Å². The smallest absolute Gasteiger partial charge is 0.338 e. The van der Waals surface area contributed by atoms with Gasteiger partial charge in [-0.25, -0.2) is 4.79 Å². The Kier molecular flexibility index (Phi) is 6.11. The molecule has 1 rings (SSSR count). The van der Waals surface area contributed by atoms with Gasteiger partial charge in [0.25, 0.3) is 0 Å². The van der Waals surface area contributed by atoms with Gasteiger partial charge in [-0.15, -0.1) is 0 Å². The second kappa shape index (κ2) is 7.59. The van der Waals surface area contributed by atoms with Crippen molar-refractivity contribution >= 4 is 5.97 Å². The average Bonchev–Trinajstić information content (AvgIpc) is 2.44. The molecule has 0 saturated carbocycles. The first-order valence-corrected chi connectivity index (χ1v) is 6.15. The number of methoxy groups -OCH3 is 3. The first-order chi connectivity index (χ1) is 9.53. The number of carbonyl (C=O) groups excluding carboxylic acids is 1. The summed E-state index contributed by atoms with van der Waals surface area (Å²) in [4.78, 5) is 13.9. The predicted octanol–water partition coefficient (Wildman–Crippen LogP) is 1.43. The summed E-state index contributed by atoms with van der Waals surface area (Å²) in [6.45, 7) is 0.985. The number of benzene rings is 1. The molecule has 20 heavy (non-hydrogen) atoms. The highest BCUT2D eigenvalue weighted by Crippen LogP contribution is 2.38. The third kappa shape index (κ3) is 4.03. The number of rotatable bonds is 7. The minimum atomic E-state index is -0.425. The summed E-state index contributed by atoms with van der Waals surface area (Å²) in [5.41, 5.74) is 0.359. The largest absolute Gasteiger partial charge is 0.493 e. The van der Waals surface area contributed by atoms with Crippen molar-refractivity contribution in [1.82, 2.24) is 4.90 Å². The Morgan fingerprint density at radius 1 is 1.05 bits per heavy atom. The lowest BCUT2D eigenvalue weighted by molar-refractivity contribution is 0.0481. The third-order valence-electron chi connectivity index (χ3n) is 2.67. The van der Waals surface area contributed by atoms with Gasteiger partial charge in [0.1, 0.15) is 6.61 Å². The molecule has 1 aromatic rings. The monoisotopic (exact) mass is 283 g/mol. The molecule has 0 aromatic heterocycles. The Hall–Kier alpha value is -1.95. The lowest BCUT2D eigenvalue weighted by atomic mass is 10.2. The lowest BCUT2D eigenvalue weighted by Crippen LogP contribution is -2.20. The molecule has 0 amide bonds. The van der Waals surface area contributed by atoms with Crippen LogP contribution in [-0.4, -0.2) is 59.4 Å². The van der Waals surface area contributed by atoms with Gasteiger partial charge in [0.2, 0.25) is 5.75 Å². The van der Waals surface area contributed by atoms with Crippen molar-refractivity contribution in [3.05, 3.63) is 17.7 Å². The van der Waals surface area contributed by atoms with Crippen LogP contribution in [0.1, 0.15) is 10.4 Å². The highest BCUT2D eigenvalue weighted by Gasteiger charge is 2.17. The molecule has 0 saturated heterocycles. The van der Waals surface area contributed by atoms with Gasteiger partial charge in [-0.2, -0.15) is 0 Å². The molecule has 6 heteroatoms. The van der Waals surface area contributed by atoms with Gasteiger partial charge in [-0.1, -0.05) is 0 Å². The molecule has 112 valence electrons. The van der Waals surface area contributed by atoms with Crippen LogP contribution in [0.2, 0.25) is 0 Å². The van der Waals surface area contributed by atoms with E-state index < -0.39 is 5.97 Å². The second-order valence-electron chi connectivity index (χ2n) is 4.35. The highest BCUT2D eigenvalue weighted by atomic mass is 16.5. The Balaban J connectivity index is 2.92. The van der Waals surface area contributed by atoms with Crippen LogP contribution in [0.15, 0.2) is 12.1 Å². The molecule has 6 nitrogen and oxygen atoms in total. The van der Waals surface area contributed by atoms with Crippen LogP contribution in [0.4, 0.5) is 0 Å². The molecule has 0 spiro atoms. The number of carbonyl (C=O) groups is 1. The number of hydrogen-bond acceptors (Lipinski definition) is 6. The SMILES string of the molecule is COc1cc(C(=O)OCCN(C)C)cc(OC)c1OC. The fraction of sp³-hybridized carbons (Fsp3) is 0.500. The fourth-order valence-corrected chi connectivity index (χ4v) is 1.60. The molecule has 0 N–H and O–H groups in total. The Bertz CT molecular complexity index is 434. The normalized spacial score (nSPS) is 10.3. The van der Waals surface area contributed by atoms with E-state index in [0.717, 1.165) is 0 Å². The first-order valence-electron chi connectivity index (χ1n) is 6.15. The van der Waals surface area contributed by atoms with E-state index in [1.165, 1.54) is 21.3 Å². The number of ether oxygens (including phenoxy) is 4. The molecule has 0 aliphatic carbocycles. The Labute approximate surface area is 119 Å². The topological polar surface area (TPSA) is 57.2 Å². The molecule has 0 bridgehead atoms. The minimum Gasteiger partial charge on any atom is -0.493 e. The van der Waals surface area contributed by atoms with Crippen LogP contribution >= 0.6 is 0 Å². The van der Waals surface area contributed by atoms with Gasteiger partial charge in [-0.3, -0.25) is 0 Å². The van der Waals surface area contributed by atoms with E-state index in [-0.39, 0.29) is 0 Å². The summed E-state index contributed by atoms with van der Waals surface area (Å²) in [6.07, 6.45) is 0. The Morgan fingerprint density at radius 3 is 2.00 bits per heavy atom. The predicted molar refractivity (Wildman–Crippen MR) is 74.9 cm³/mol. The maximum atomic E-state index is 12.0. The average molecular weight is 283 g/mol. The summed E-state index contributed by atoms with van der Waals surface area (Å²) in [5, 5.41) is 0. The summed E-state index contributed by atoms with van der Waals surface area (Å²) in [7, 11) is 8.33. The zero-order chi connectivity index (χ0) is 15.1. The van der Waals surface area contributed by atoms with Crippen molar-refractivity contribution in [2.45, 2.75) is 0 Å². The summed E-state index contributed by atoms with van der Waals surface area (Å²) >= 11 is 0. The molecular weight excluding hydrogens is 262 g/mol. The van der Waals surface area contributed by atoms with Gasteiger partial charge in [-0.05, 0) is 26.2 Å². The third-order valence-corrected chi connectivity index (χ3v) is 2.67. The van der Waals surface area contributed by atoms with Crippen LogP contribution < -0.4 is 14.2 Å². The molecule has 0 heterocycles. The first kappa shape index (κ1) is 16.1. The highest BCUT2D eigenvalue weighted by molar-refractivity contribution is 5.91. The van der Waals surface area contributed by atoms with Crippen LogP contribution in [0.25, 0.3) is 0 Å². The number of nitrogens with zero attached hydrogens (tertiary/aromatic N) is 1. The van der Waals surface area contributed by atoms with Crippen molar-refractivity contribution in [3.63, 3.8) is 0 Å². The van der Waals surface area contributed by atoms with E-state index >= 15 is 0 Å². The van der Waals surface area contributed by atoms with E-state index in [1.807, 2.05) is 19.0 Å². The van der Waals surface area contributed by atoms with E-state index in [1.54, 1.807) is 12.1 Å². The number of hydrogen-bond donors (Lipinski definition) is 0. The molecular formula is C14H21NO5. The van der Waals surface area contributed by atoms with Crippen LogP contribution in [0.3, 0.4) is 0 Å². The van der Waals surface area contributed by atoms with Crippen molar-refractivity contribution in [2.75, 3.05) is 48.6 Å². The maximum absolute atomic E-state index is 12.0. The summed E-state index contributed by atoms with van der Waals surface area (Å²) < 4.78 is 20.8. The maximum Gasteiger partial charge on any atom is 0.338 e. The zero-order valence-electron chi connectivity index (χ0n) is 12.6. The second-order valence-corrected chi connectivity index (χ2v) is 4.35.